The van der Waals surface area contributed by atoms with Crippen molar-refractivity contribution in [1.29, 1.82) is 5.26 Å². The molecule has 0 saturated carbocycles. The standard InChI is InChI=1S/C19H23N5O4S/c1-27-15-3-4-17(28-2)18(11-15)29(25,26)23-13-14-5-9-24(10-6-14)19-16(12-20)21-7-8-22-19/h3-4,7-8,11,14,23H,5-6,9-10,13H2,1-2H3. The van der Waals surface area contributed by atoms with Crippen LogP contribution in [0.1, 0.15) is 18.5 Å². The van der Waals surface area contributed by atoms with Gasteiger partial charge in [0.25, 0.3) is 0 Å². The Kier molecular flexibility index (Phi) is 6.51. The number of hydrogen-bond acceptors (Lipinski definition) is 8. The summed E-state index contributed by atoms with van der Waals surface area (Å²) in [6.07, 6.45) is 4.62. The normalized spacial score (nSPS) is 15.0. The molecule has 0 aliphatic carbocycles. The summed E-state index contributed by atoms with van der Waals surface area (Å²) >= 11 is 0. The summed E-state index contributed by atoms with van der Waals surface area (Å²) in [5, 5.41) is 9.19. The zero-order chi connectivity index (χ0) is 20.9. The van der Waals surface area contributed by atoms with Gasteiger partial charge in [-0.25, -0.2) is 23.1 Å². The molecule has 1 aromatic carbocycles. The van der Waals surface area contributed by atoms with Crippen LogP contribution in [-0.4, -0.2) is 52.2 Å². The molecule has 0 unspecified atom stereocenters. The zero-order valence-corrected chi connectivity index (χ0v) is 17.1. The van der Waals surface area contributed by atoms with Crippen LogP contribution in [0.5, 0.6) is 11.5 Å². The highest BCUT2D eigenvalue weighted by Crippen LogP contribution is 2.29. The summed E-state index contributed by atoms with van der Waals surface area (Å²) in [7, 11) is -0.836. The number of aromatic nitrogens is 2. The molecule has 3 rings (SSSR count). The highest BCUT2D eigenvalue weighted by molar-refractivity contribution is 7.89. The van der Waals surface area contributed by atoms with E-state index in [1.165, 1.54) is 26.5 Å². The van der Waals surface area contributed by atoms with Crippen LogP contribution in [-0.2, 0) is 10.0 Å². The summed E-state index contributed by atoms with van der Waals surface area (Å²) < 4.78 is 38.6. The van der Waals surface area contributed by atoms with Gasteiger partial charge < -0.3 is 14.4 Å². The van der Waals surface area contributed by atoms with Crippen LogP contribution in [0, 0.1) is 17.2 Å². The van der Waals surface area contributed by atoms with Crippen molar-refractivity contribution in [3.63, 3.8) is 0 Å². The fourth-order valence-corrected chi connectivity index (χ4v) is 4.59. The first-order chi connectivity index (χ1) is 14.0. The van der Waals surface area contributed by atoms with E-state index in [9.17, 15) is 13.7 Å². The van der Waals surface area contributed by atoms with E-state index in [1.807, 2.05) is 4.90 Å². The van der Waals surface area contributed by atoms with Crippen LogP contribution >= 0.6 is 0 Å². The van der Waals surface area contributed by atoms with Crippen LogP contribution in [0.15, 0.2) is 35.5 Å². The number of benzene rings is 1. The molecule has 1 aliphatic rings. The van der Waals surface area contributed by atoms with Gasteiger partial charge in [-0.15, -0.1) is 0 Å². The first kappa shape index (κ1) is 20.8. The maximum absolute atomic E-state index is 12.8. The lowest BCUT2D eigenvalue weighted by Gasteiger charge is -2.32. The van der Waals surface area contributed by atoms with E-state index in [0.29, 0.717) is 36.9 Å². The Balaban J connectivity index is 1.62. The smallest absolute Gasteiger partial charge is 0.244 e. The third-order valence-corrected chi connectivity index (χ3v) is 6.37. The summed E-state index contributed by atoms with van der Waals surface area (Å²) in [6.45, 7) is 1.69. The molecule has 1 fully saturated rings. The monoisotopic (exact) mass is 417 g/mol. The molecule has 154 valence electrons. The molecule has 0 bridgehead atoms. The van der Waals surface area contributed by atoms with Crippen molar-refractivity contribution in [2.24, 2.45) is 5.92 Å². The Bertz CT molecular complexity index is 998. The number of piperidine rings is 1. The number of nitriles is 1. The van der Waals surface area contributed by atoms with Crippen molar-refractivity contribution in [2.75, 3.05) is 38.8 Å². The van der Waals surface area contributed by atoms with Crippen molar-refractivity contribution < 1.29 is 17.9 Å². The van der Waals surface area contributed by atoms with E-state index in [4.69, 9.17) is 9.47 Å². The molecule has 2 aromatic rings. The summed E-state index contributed by atoms with van der Waals surface area (Å²) in [4.78, 5) is 10.4. The summed E-state index contributed by atoms with van der Waals surface area (Å²) in [5.74, 6) is 1.46. The van der Waals surface area contributed by atoms with Gasteiger partial charge in [-0.3, -0.25) is 0 Å². The number of rotatable bonds is 7. The SMILES string of the molecule is COc1ccc(OC)c(S(=O)(=O)NCC2CCN(c3nccnc3C#N)CC2)c1. The van der Waals surface area contributed by atoms with Crippen LogP contribution in [0.2, 0.25) is 0 Å². The molecule has 1 aromatic heterocycles. The van der Waals surface area contributed by atoms with Crippen LogP contribution in [0.3, 0.4) is 0 Å². The Hall–Kier alpha value is -2.90. The number of nitrogens with zero attached hydrogens (tertiary/aromatic N) is 4. The van der Waals surface area contributed by atoms with Gasteiger partial charge in [0.05, 0.1) is 14.2 Å². The number of anilines is 1. The van der Waals surface area contributed by atoms with Crippen LogP contribution in [0.4, 0.5) is 5.82 Å². The molecular weight excluding hydrogens is 394 g/mol. The third-order valence-electron chi connectivity index (χ3n) is 4.92. The first-order valence-electron chi connectivity index (χ1n) is 9.16. The molecule has 10 heteroatoms. The van der Waals surface area contributed by atoms with E-state index in [1.54, 1.807) is 18.3 Å². The van der Waals surface area contributed by atoms with Gasteiger partial charge in [-0.1, -0.05) is 0 Å². The van der Waals surface area contributed by atoms with E-state index >= 15 is 0 Å². The molecule has 29 heavy (non-hydrogen) atoms. The number of sulfonamides is 1. The van der Waals surface area contributed by atoms with E-state index in [2.05, 4.69) is 20.8 Å². The molecule has 0 amide bonds. The van der Waals surface area contributed by atoms with Crippen LogP contribution < -0.4 is 19.1 Å². The van der Waals surface area contributed by atoms with Gasteiger partial charge in [-0.05, 0) is 30.9 Å². The Morgan fingerprint density at radius 1 is 1.21 bits per heavy atom. The minimum atomic E-state index is -3.75. The minimum Gasteiger partial charge on any atom is -0.497 e. The minimum absolute atomic E-state index is 0.0509. The number of methoxy groups -OCH3 is 2. The maximum atomic E-state index is 12.8. The lowest BCUT2D eigenvalue weighted by molar-refractivity contribution is 0.388. The van der Waals surface area contributed by atoms with Crippen molar-refractivity contribution >= 4 is 15.8 Å². The van der Waals surface area contributed by atoms with Crippen molar-refractivity contribution in [3.8, 4) is 17.6 Å². The average molecular weight is 417 g/mol. The second-order valence-corrected chi connectivity index (χ2v) is 8.37. The van der Waals surface area contributed by atoms with Gasteiger partial charge in [0.1, 0.15) is 22.5 Å². The highest BCUT2D eigenvalue weighted by Gasteiger charge is 2.26. The Morgan fingerprint density at radius 3 is 2.59 bits per heavy atom. The molecule has 1 saturated heterocycles. The summed E-state index contributed by atoms with van der Waals surface area (Å²) in [6, 6.07) is 6.72. The van der Waals surface area contributed by atoms with Gasteiger partial charge in [-0.2, -0.15) is 5.26 Å². The lowest BCUT2D eigenvalue weighted by atomic mass is 9.97. The lowest BCUT2D eigenvalue weighted by Crippen LogP contribution is -2.39. The molecule has 1 aliphatic heterocycles. The second kappa shape index (κ2) is 9.07. The Labute approximate surface area is 170 Å². The molecular formula is C19H23N5O4S. The van der Waals surface area contributed by atoms with Gasteiger partial charge in [0, 0.05) is 38.1 Å². The molecule has 1 N–H and O–H groups in total. The average Bonchev–Trinajstić information content (AvgIpc) is 2.77. The fourth-order valence-electron chi connectivity index (χ4n) is 3.29. The molecule has 9 nitrogen and oxygen atoms in total. The predicted octanol–water partition coefficient (Wildman–Crippen LogP) is 1.56. The van der Waals surface area contributed by atoms with E-state index in [-0.39, 0.29) is 16.6 Å². The van der Waals surface area contributed by atoms with Gasteiger partial charge >= 0.3 is 0 Å². The van der Waals surface area contributed by atoms with Gasteiger partial charge in [0.2, 0.25) is 10.0 Å². The number of nitrogens with one attached hydrogen (secondary N) is 1. The van der Waals surface area contributed by atoms with Crippen molar-refractivity contribution in [2.45, 2.75) is 17.7 Å². The van der Waals surface area contributed by atoms with Crippen molar-refractivity contribution in [1.82, 2.24) is 14.7 Å². The Morgan fingerprint density at radius 2 is 1.93 bits per heavy atom. The topological polar surface area (TPSA) is 117 Å². The largest absolute Gasteiger partial charge is 0.497 e. The quantitative estimate of drug-likeness (QED) is 0.721. The van der Waals surface area contributed by atoms with Crippen LogP contribution in [0.25, 0.3) is 0 Å². The van der Waals surface area contributed by atoms with E-state index < -0.39 is 10.0 Å². The maximum Gasteiger partial charge on any atom is 0.244 e. The first-order valence-corrected chi connectivity index (χ1v) is 10.6. The second-order valence-electron chi connectivity index (χ2n) is 6.64. The molecule has 2 heterocycles. The molecule has 0 atom stereocenters. The van der Waals surface area contributed by atoms with E-state index in [0.717, 1.165) is 12.8 Å². The van der Waals surface area contributed by atoms with Crippen molar-refractivity contribution in [3.05, 3.63) is 36.3 Å². The fraction of sp³-hybridized carbons (Fsp3) is 0.421. The predicted molar refractivity (Wildman–Crippen MR) is 106 cm³/mol. The molecule has 0 radical (unpaired) electrons. The third kappa shape index (κ3) is 4.75. The zero-order valence-electron chi connectivity index (χ0n) is 16.3. The summed E-state index contributed by atoms with van der Waals surface area (Å²) in [5.41, 5.74) is 0.303. The molecule has 0 spiro atoms. The number of hydrogen-bond donors (Lipinski definition) is 1. The number of ether oxygens (including phenoxy) is 2. The van der Waals surface area contributed by atoms with Gasteiger partial charge in [0.15, 0.2) is 11.5 Å². The highest BCUT2D eigenvalue weighted by atomic mass is 32.2.